The van der Waals surface area contributed by atoms with Gasteiger partial charge in [0.25, 0.3) is 10.0 Å². The highest BCUT2D eigenvalue weighted by atomic mass is 32.2. The largest absolute Gasteiger partial charge is 0.453 e. The highest BCUT2D eigenvalue weighted by Crippen LogP contribution is 2.29. The fourth-order valence-electron chi connectivity index (χ4n) is 1.77. The Labute approximate surface area is 135 Å². The van der Waals surface area contributed by atoms with Crippen LogP contribution < -0.4 is 4.72 Å². The molecule has 0 aliphatic carbocycles. The zero-order valence-electron chi connectivity index (χ0n) is 12.3. The summed E-state index contributed by atoms with van der Waals surface area (Å²) in [6.07, 6.45) is -4.59. The van der Waals surface area contributed by atoms with E-state index < -0.39 is 32.6 Å². The molecule has 0 unspecified atom stereocenters. The molecule has 2 aromatic rings. The van der Waals surface area contributed by atoms with Gasteiger partial charge in [-0.05, 0) is 36.4 Å². The van der Waals surface area contributed by atoms with E-state index in [-0.39, 0.29) is 12.4 Å². The van der Waals surface area contributed by atoms with Crippen molar-refractivity contribution < 1.29 is 35.5 Å². The molecule has 0 aliphatic heterocycles. The molecule has 1 aromatic heterocycles. The zero-order valence-corrected chi connectivity index (χ0v) is 13.1. The van der Waals surface area contributed by atoms with Crippen molar-refractivity contribution in [1.82, 2.24) is 4.72 Å². The van der Waals surface area contributed by atoms with Crippen LogP contribution in [0.25, 0.3) is 0 Å². The van der Waals surface area contributed by atoms with Crippen molar-refractivity contribution in [2.45, 2.75) is 17.7 Å². The molecular formula is C14H12F3NO5S. The number of amides is 1. The van der Waals surface area contributed by atoms with Crippen molar-refractivity contribution >= 4 is 15.9 Å². The van der Waals surface area contributed by atoms with Crippen LogP contribution in [0.15, 0.2) is 45.7 Å². The Bertz CT molecular complexity index is 825. The van der Waals surface area contributed by atoms with Crippen LogP contribution in [-0.4, -0.2) is 21.4 Å². The van der Waals surface area contributed by atoms with Crippen LogP contribution >= 0.6 is 0 Å². The number of hydrogen-bond acceptors (Lipinski definition) is 5. The molecule has 10 heteroatoms. The minimum atomic E-state index is -4.59. The lowest BCUT2D eigenvalue weighted by molar-refractivity contribution is -0.137. The molecule has 0 spiro atoms. The van der Waals surface area contributed by atoms with E-state index in [0.29, 0.717) is 17.9 Å². The van der Waals surface area contributed by atoms with E-state index in [1.807, 2.05) is 0 Å². The number of benzene rings is 1. The van der Waals surface area contributed by atoms with Gasteiger partial charge in [0.1, 0.15) is 12.4 Å². The van der Waals surface area contributed by atoms with Gasteiger partial charge in [0.15, 0.2) is 5.76 Å². The van der Waals surface area contributed by atoms with E-state index in [1.165, 1.54) is 19.2 Å². The smallest absolute Gasteiger partial charge is 0.416 e. The lowest BCUT2D eigenvalue weighted by Gasteiger charge is -2.08. The SMILES string of the molecule is COCc1ccc(C(=O)NS(=O)(=O)c2ccc(C(F)(F)F)cc2)o1. The molecular weight excluding hydrogens is 351 g/mol. The second-order valence-corrected chi connectivity index (χ2v) is 6.34. The van der Waals surface area contributed by atoms with Crippen LogP contribution in [0, 0.1) is 0 Å². The Hall–Kier alpha value is -2.33. The van der Waals surface area contributed by atoms with Crippen LogP contribution in [0.5, 0.6) is 0 Å². The maximum absolute atomic E-state index is 12.5. The van der Waals surface area contributed by atoms with Gasteiger partial charge in [-0.3, -0.25) is 4.79 Å². The summed E-state index contributed by atoms with van der Waals surface area (Å²) in [5, 5.41) is 0. The molecule has 0 saturated heterocycles. The topological polar surface area (TPSA) is 85.6 Å². The molecule has 0 saturated carbocycles. The number of nitrogens with one attached hydrogen (secondary N) is 1. The van der Waals surface area contributed by atoms with Gasteiger partial charge in [0.2, 0.25) is 0 Å². The molecule has 0 bridgehead atoms. The second kappa shape index (κ2) is 6.65. The van der Waals surface area contributed by atoms with E-state index in [1.54, 1.807) is 4.72 Å². The second-order valence-electron chi connectivity index (χ2n) is 4.66. The molecule has 1 N–H and O–H groups in total. The Morgan fingerprint density at radius 3 is 2.33 bits per heavy atom. The third-order valence-electron chi connectivity index (χ3n) is 2.89. The van der Waals surface area contributed by atoms with E-state index in [2.05, 4.69) is 0 Å². The predicted octanol–water partition coefficient (Wildman–Crippen LogP) is 2.56. The van der Waals surface area contributed by atoms with Crippen LogP contribution in [-0.2, 0) is 27.5 Å². The summed E-state index contributed by atoms with van der Waals surface area (Å²) >= 11 is 0. The zero-order chi connectivity index (χ0) is 18.0. The molecule has 0 aliphatic rings. The van der Waals surface area contributed by atoms with Crippen LogP contribution in [0.1, 0.15) is 21.9 Å². The highest BCUT2D eigenvalue weighted by Gasteiger charge is 2.31. The Balaban J connectivity index is 2.16. The van der Waals surface area contributed by atoms with Crippen LogP contribution in [0.4, 0.5) is 13.2 Å². The first-order valence-corrected chi connectivity index (χ1v) is 7.94. The molecule has 2 rings (SSSR count). The number of ether oxygens (including phenoxy) is 1. The van der Waals surface area contributed by atoms with Crippen molar-refractivity contribution in [3.05, 3.63) is 53.5 Å². The molecule has 130 valence electrons. The summed E-state index contributed by atoms with van der Waals surface area (Å²) in [7, 11) is -2.92. The van der Waals surface area contributed by atoms with Gasteiger partial charge in [-0.1, -0.05) is 0 Å². The van der Waals surface area contributed by atoms with E-state index in [4.69, 9.17) is 9.15 Å². The number of furan rings is 1. The Morgan fingerprint density at radius 1 is 1.17 bits per heavy atom. The third-order valence-corrected chi connectivity index (χ3v) is 4.24. The number of halogens is 3. The van der Waals surface area contributed by atoms with Crippen molar-refractivity contribution in [2.75, 3.05) is 7.11 Å². The van der Waals surface area contributed by atoms with Gasteiger partial charge in [0, 0.05) is 7.11 Å². The number of alkyl halides is 3. The number of methoxy groups -OCH3 is 1. The molecule has 6 nitrogen and oxygen atoms in total. The summed E-state index contributed by atoms with van der Waals surface area (Å²) < 4.78 is 73.1. The number of carbonyl (C=O) groups excluding carboxylic acids is 1. The summed E-state index contributed by atoms with van der Waals surface area (Å²) in [5.74, 6) is -0.996. The predicted molar refractivity (Wildman–Crippen MR) is 75.5 cm³/mol. The Morgan fingerprint density at radius 2 is 1.79 bits per heavy atom. The lowest BCUT2D eigenvalue weighted by Crippen LogP contribution is -2.30. The van der Waals surface area contributed by atoms with E-state index in [9.17, 15) is 26.4 Å². The van der Waals surface area contributed by atoms with Crippen molar-refractivity contribution in [3.63, 3.8) is 0 Å². The lowest BCUT2D eigenvalue weighted by atomic mass is 10.2. The first-order valence-electron chi connectivity index (χ1n) is 6.45. The molecule has 1 heterocycles. The fraction of sp³-hybridized carbons (Fsp3) is 0.214. The average Bonchev–Trinajstić information content (AvgIpc) is 2.95. The first-order chi connectivity index (χ1) is 11.1. The van der Waals surface area contributed by atoms with Crippen LogP contribution in [0.2, 0.25) is 0 Å². The number of rotatable bonds is 5. The highest BCUT2D eigenvalue weighted by molar-refractivity contribution is 7.90. The van der Waals surface area contributed by atoms with Gasteiger partial charge in [-0.15, -0.1) is 0 Å². The van der Waals surface area contributed by atoms with Crippen molar-refractivity contribution in [3.8, 4) is 0 Å². The maximum Gasteiger partial charge on any atom is 0.416 e. The quantitative estimate of drug-likeness (QED) is 0.882. The molecule has 0 radical (unpaired) electrons. The summed E-state index contributed by atoms with van der Waals surface area (Å²) in [4.78, 5) is 11.4. The minimum absolute atomic E-state index is 0.0962. The molecule has 1 aromatic carbocycles. The van der Waals surface area contributed by atoms with Crippen molar-refractivity contribution in [1.29, 1.82) is 0 Å². The summed E-state index contributed by atoms with van der Waals surface area (Å²) in [6, 6.07) is 5.44. The van der Waals surface area contributed by atoms with E-state index in [0.717, 1.165) is 12.1 Å². The average molecular weight is 363 g/mol. The summed E-state index contributed by atoms with van der Waals surface area (Å²) in [5.41, 5.74) is -0.997. The molecule has 0 atom stereocenters. The van der Waals surface area contributed by atoms with Gasteiger partial charge in [0.05, 0.1) is 10.5 Å². The van der Waals surface area contributed by atoms with Gasteiger partial charge in [-0.2, -0.15) is 13.2 Å². The van der Waals surface area contributed by atoms with Gasteiger partial charge < -0.3 is 9.15 Å². The minimum Gasteiger partial charge on any atom is -0.453 e. The van der Waals surface area contributed by atoms with E-state index >= 15 is 0 Å². The maximum atomic E-state index is 12.5. The monoisotopic (exact) mass is 363 g/mol. The number of sulfonamides is 1. The fourth-order valence-corrected chi connectivity index (χ4v) is 2.73. The number of carbonyl (C=O) groups is 1. The summed E-state index contributed by atoms with van der Waals surface area (Å²) in [6.45, 7) is 0.0962. The number of hydrogen-bond donors (Lipinski definition) is 1. The molecule has 24 heavy (non-hydrogen) atoms. The van der Waals surface area contributed by atoms with Crippen molar-refractivity contribution in [2.24, 2.45) is 0 Å². The standard InChI is InChI=1S/C14H12F3NO5S/c1-22-8-10-4-7-12(23-10)13(19)18-24(20,21)11-5-2-9(3-6-11)14(15,16)17/h2-7H,8H2,1H3,(H,18,19). The molecule has 1 amide bonds. The Kier molecular flexibility index (Phi) is 4.99. The van der Waals surface area contributed by atoms with Gasteiger partial charge >= 0.3 is 12.1 Å². The van der Waals surface area contributed by atoms with Gasteiger partial charge in [-0.25, -0.2) is 13.1 Å². The molecule has 0 fully saturated rings. The first kappa shape index (κ1) is 18.0. The van der Waals surface area contributed by atoms with Crippen LogP contribution in [0.3, 0.4) is 0 Å². The normalized spacial score (nSPS) is 12.2. The third kappa shape index (κ3) is 4.15.